The van der Waals surface area contributed by atoms with Gasteiger partial charge in [0.25, 0.3) is 0 Å². The molecule has 20 heavy (non-hydrogen) atoms. The van der Waals surface area contributed by atoms with Crippen molar-refractivity contribution in [3.8, 4) is 6.07 Å². The number of benzene rings is 1. The normalized spacial score (nSPS) is 12.6. The number of ether oxygens (including phenoxy) is 2. The van der Waals surface area contributed by atoms with Gasteiger partial charge in [-0.05, 0) is 16.5 Å². The van der Waals surface area contributed by atoms with Gasteiger partial charge in [0.1, 0.15) is 6.61 Å². The Balaban J connectivity index is 2.81. The van der Waals surface area contributed by atoms with E-state index in [1.54, 1.807) is 0 Å². The van der Waals surface area contributed by atoms with Crippen molar-refractivity contribution >= 4 is 5.97 Å². The molecule has 108 valence electrons. The first kappa shape index (κ1) is 16.2. The molecule has 0 heterocycles. The Morgan fingerprint density at radius 1 is 1.25 bits per heavy atom. The zero-order chi connectivity index (χ0) is 15.2. The number of nitrogens with zero attached hydrogens (tertiary/aromatic N) is 1. The number of hydrogen-bond acceptors (Lipinski definition) is 4. The highest BCUT2D eigenvalue weighted by atomic mass is 16.6. The first-order chi connectivity index (χ1) is 9.40. The first-order valence-corrected chi connectivity index (χ1v) is 6.55. The molecule has 0 spiro atoms. The van der Waals surface area contributed by atoms with Gasteiger partial charge in [0, 0.05) is 7.11 Å². The molecule has 0 saturated carbocycles. The minimum Gasteiger partial charge on any atom is -0.462 e. The summed E-state index contributed by atoms with van der Waals surface area (Å²) >= 11 is 0. The number of carbonyl (C=O) groups excluding carboxylic acids is 1. The smallest absolute Gasteiger partial charge is 0.328 e. The van der Waals surface area contributed by atoms with E-state index in [2.05, 4.69) is 20.8 Å². The average Bonchev–Trinajstić information content (AvgIpc) is 2.39. The van der Waals surface area contributed by atoms with Crippen molar-refractivity contribution in [1.82, 2.24) is 0 Å². The quantitative estimate of drug-likeness (QED) is 0.612. The van der Waals surface area contributed by atoms with Crippen LogP contribution in [0.25, 0.3) is 0 Å². The van der Waals surface area contributed by atoms with Crippen LogP contribution in [0, 0.1) is 11.3 Å². The summed E-state index contributed by atoms with van der Waals surface area (Å²) in [5.74, 6) is -1.42. The van der Waals surface area contributed by atoms with Crippen molar-refractivity contribution < 1.29 is 14.3 Å². The second-order valence-electron chi connectivity index (χ2n) is 5.59. The summed E-state index contributed by atoms with van der Waals surface area (Å²) in [6.07, 6.45) is 0. The molecule has 1 rings (SSSR count). The van der Waals surface area contributed by atoms with Gasteiger partial charge in [0.2, 0.25) is 0 Å². The van der Waals surface area contributed by atoms with E-state index >= 15 is 0 Å². The SMILES string of the molecule is COCCOC(=O)C(C#N)c1ccc(C(C)(C)C)cc1. The fourth-order valence-corrected chi connectivity index (χ4v) is 1.75. The Morgan fingerprint density at radius 3 is 2.30 bits per heavy atom. The van der Waals surface area contributed by atoms with Gasteiger partial charge in [-0.2, -0.15) is 5.26 Å². The molecule has 0 bridgehead atoms. The van der Waals surface area contributed by atoms with Crippen molar-refractivity contribution in [3.05, 3.63) is 35.4 Å². The molecule has 0 radical (unpaired) electrons. The van der Waals surface area contributed by atoms with Crippen molar-refractivity contribution in [2.75, 3.05) is 20.3 Å². The van der Waals surface area contributed by atoms with Crippen LogP contribution in [0.15, 0.2) is 24.3 Å². The molecule has 0 aliphatic rings. The molecule has 0 amide bonds. The monoisotopic (exact) mass is 275 g/mol. The van der Waals surface area contributed by atoms with E-state index in [0.717, 1.165) is 5.56 Å². The summed E-state index contributed by atoms with van der Waals surface area (Å²) in [5, 5.41) is 9.15. The van der Waals surface area contributed by atoms with E-state index in [1.165, 1.54) is 7.11 Å². The molecule has 1 atom stereocenters. The number of hydrogen-bond donors (Lipinski definition) is 0. The average molecular weight is 275 g/mol. The molecule has 1 unspecified atom stereocenters. The van der Waals surface area contributed by atoms with Gasteiger partial charge in [0.05, 0.1) is 12.7 Å². The Kier molecular flexibility index (Phi) is 5.72. The predicted molar refractivity (Wildman–Crippen MR) is 76.3 cm³/mol. The summed E-state index contributed by atoms with van der Waals surface area (Å²) in [6, 6.07) is 9.50. The van der Waals surface area contributed by atoms with Crippen LogP contribution in [0.3, 0.4) is 0 Å². The summed E-state index contributed by atoms with van der Waals surface area (Å²) < 4.78 is 9.81. The molecule has 0 aliphatic carbocycles. The number of rotatable bonds is 5. The van der Waals surface area contributed by atoms with Crippen LogP contribution in [0.4, 0.5) is 0 Å². The van der Waals surface area contributed by atoms with E-state index in [9.17, 15) is 4.79 Å². The van der Waals surface area contributed by atoms with Gasteiger partial charge in [-0.25, -0.2) is 0 Å². The van der Waals surface area contributed by atoms with Crippen LogP contribution in [0.2, 0.25) is 0 Å². The fourth-order valence-electron chi connectivity index (χ4n) is 1.75. The maximum absolute atomic E-state index is 11.8. The molecule has 0 aliphatic heterocycles. The second kappa shape index (κ2) is 7.06. The standard InChI is InChI=1S/C16H21NO3/c1-16(2,3)13-7-5-12(6-8-13)14(11-17)15(18)20-10-9-19-4/h5-8,14H,9-10H2,1-4H3. The molecule has 1 aromatic rings. The molecule has 4 nitrogen and oxygen atoms in total. The van der Waals surface area contributed by atoms with Crippen molar-refractivity contribution in [1.29, 1.82) is 5.26 Å². The highest BCUT2D eigenvalue weighted by molar-refractivity contribution is 5.81. The van der Waals surface area contributed by atoms with Crippen LogP contribution in [-0.2, 0) is 19.7 Å². The van der Waals surface area contributed by atoms with Crippen LogP contribution in [0.5, 0.6) is 0 Å². The molecule has 0 saturated heterocycles. The van der Waals surface area contributed by atoms with Crippen molar-refractivity contribution in [2.24, 2.45) is 0 Å². The third-order valence-electron chi connectivity index (χ3n) is 3.01. The molecule has 0 N–H and O–H groups in total. The van der Waals surface area contributed by atoms with E-state index in [-0.39, 0.29) is 12.0 Å². The fraction of sp³-hybridized carbons (Fsp3) is 0.500. The number of methoxy groups -OCH3 is 1. The van der Waals surface area contributed by atoms with E-state index in [0.29, 0.717) is 12.2 Å². The van der Waals surface area contributed by atoms with Gasteiger partial charge in [-0.1, -0.05) is 45.0 Å². The minimum absolute atomic E-state index is 0.0413. The van der Waals surface area contributed by atoms with Crippen LogP contribution < -0.4 is 0 Å². The van der Waals surface area contributed by atoms with Crippen LogP contribution in [0.1, 0.15) is 37.8 Å². The lowest BCUT2D eigenvalue weighted by Gasteiger charge is -2.19. The van der Waals surface area contributed by atoms with Crippen LogP contribution in [-0.4, -0.2) is 26.3 Å². The van der Waals surface area contributed by atoms with E-state index < -0.39 is 11.9 Å². The highest BCUT2D eigenvalue weighted by Gasteiger charge is 2.22. The maximum Gasteiger partial charge on any atom is 0.328 e. The van der Waals surface area contributed by atoms with Crippen molar-refractivity contribution in [2.45, 2.75) is 32.1 Å². The molecular weight excluding hydrogens is 254 g/mol. The van der Waals surface area contributed by atoms with Gasteiger partial charge in [-0.15, -0.1) is 0 Å². The van der Waals surface area contributed by atoms with E-state index in [4.69, 9.17) is 14.7 Å². The zero-order valence-electron chi connectivity index (χ0n) is 12.5. The lowest BCUT2D eigenvalue weighted by Crippen LogP contribution is -2.17. The number of carbonyl (C=O) groups is 1. The maximum atomic E-state index is 11.8. The summed E-state index contributed by atoms with van der Waals surface area (Å²) in [6.45, 7) is 6.83. The topological polar surface area (TPSA) is 59.3 Å². The molecule has 0 aromatic heterocycles. The number of nitriles is 1. The van der Waals surface area contributed by atoms with Gasteiger partial charge in [0.15, 0.2) is 5.92 Å². The zero-order valence-corrected chi connectivity index (χ0v) is 12.5. The third-order valence-corrected chi connectivity index (χ3v) is 3.01. The van der Waals surface area contributed by atoms with Crippen LogP contribution >= 0.6 is 0 Å². The van der Waals surface area contributed by atoms with Crippen molar-refractivity contribution in [3.63, 3.8) is 0 Å². The Labute approximate surface area is 120 Å². The lowest BCUT2D eigenvalue weighted by atomic mass is 9.86. The predicted octanol–water partition coefficient (Wildman–Crippen LogP) is 2.78. The summed E-state index contributed by atoms with van der Waals surface area (Å²) in [7, 11) is 1.53. The Hall–Kier alpha value is -1.86. The Morgan fingerprint density at radius 2 is 1.85 bits per heavy atom. The van der Waals surface area contributed by atoms with Gasteiger partial charge < -0.3 is 9.47 Å². The largest absolute Gasteiger partial charge is 0.462 e. The van der Waals surface area contributed by atoms with E-state index in [1.807, 2.05) is 30.3 Å². The summed E-state index contributed by atoms with van der Waals surface area (Å²) in [5.41, 5.74) is 1.85. The first-order valence-electron chi connectivity index (χ1n) is 6.55. The molecule has 4 heteroatoms. The second-order valence-corrected chi connectivity index (χ2v) is 5.59. The van der Waals surface area contributed by atoms with Gasteiger partial charge >= 0.3 is 5.97 Å². The molecule has 1 aromatic carbocycles. The minimum atomic E-state index is -0.888. The molecule has 0 fully saturated rings. The lowest BCUT2D eigenvalue weighted by molar-refractivity contribution is -0.145. The highest BCUT2D eigenvalue weighted by Crippen LogP contribution is 2.25. The van der Waals surface area contributed by atoms with Gasteiger partial charge in [-0.3, -0.25) is 4.79 Å². The Bertz CT molecular complexity index is 480. The summed E-state index contributed by atoms with van der Waals surface area (Å²) in [4.78, 5) is 11.8. The number of esters is 1. The third kappa shape index (κ3) is 4.36. The molecular formula is C16H21NO3.